The second kappa shape index (κ2) is 4.53. The molecule has 88 valence electrons. The molecular formula is C14H16N2O. The van der Waals surface area contributed by atoms with Gasteiger partial charge in [0.15, 0.2) is 5.78 Å². The van der Waals surface area contributed by atoms with Gasteiger partial charge in [-0.05, 0) is 19.4 Å². The van der Waals surface area contributed by atoms with Gasteiger partial charge in [-0.3, -0.25) is 4.79 Å². The van der Waals surface area contributed by atoms with Crippen LogP contribution in [-0.2, 0) is 13.5 Å². The normalized spacial score (nSPS) is 10.5. The van der Waals surface area contributed by atoms with E-state index in [1.165, 1.54) is 11.1 Å². The maximum absolute atomic E-state index is 12.0. The van der Waals surface area contributed by atoms with E-state index in [4.69, 9.17) is 0 Å². The molecule has 2 rings (SSSR count). The summed E-state index contributed by atoms with van der Waals surface area (Å²) in [5, 5.41) is 0. The number of nitrogens with zero attached hydrogens (tertiary/aromatic N) is 2. The lowest BCUT2D eigenvalue weighted by molar-refractivity contribution is 0.0988. The quantitative estimate of drug-likeness (QED) is 0.756. The predicted octanol–water partition coefficient (Wildman–Crippen LogP) is 2.46. The minimum absolute atomic E-state index is 0.0654. The Hall–Kier alpha value is -1.90. The average molecular weight is 228 g/mol. The Kier molecular flexibility index (Phi) is 3.09. The van der Waals surface area contributed by atoms with E-state index in [1.54, 1.807) is 17.1 Å². The zero-order valence-electron chi connectivity index (χ0n) is 10.4. The molecule has 0 aliphatic rings. The Balaban J connectivity index is 2.18. The molecule has 0 N–H and O–H groups in total. The molecule has 17 heavy (non-hydrogen) atoms. The van der Waals surface area contributed by atoms with Crippen molar-refractivity contribution in [2.24, 2.45) is 7.05 Å². The third-order valence-corrected chi connectivity index (χ3v) is 2.64. The van der Waals surface area contributed by atoms with Gasteiger partial charge in [0.25, 0.3) is 0 Å². The van der Waals surface area contributed by atoms with Gasteiger partial charge in [-0.1, -0.05) is 29.3 Å². The van der Waals surface area contributed by atoms with E-state index in [0.29, 0.717) is 12.1 Å². The molecule has 0 bridgehead atoms. The molecule has 0 saturated heterocycles. The summed E-state index contributed by atoms with van der Waals surface area (Å²) in [6.45, 7) is 4.09. The van der Waals surface area contributed by atoms with Crippen LogP contribution in [0.1, 0.15) is 27.2 Å². The second-order valence-electron chi connectivity index (χ2n) is 4.52. The SMILES string of the molecule is Cc1cc(C)cc(CC(=O)c2cn(C)cn2)c1. The molecule has 0 amide bonds. The van der Waals surface area contributed by atoms with E-state index in [-0.39, 0.29) is 5.78 Å². The lowest BCUT2D eigenvalue weighted by atomic mass is 10.0. The number of carbonyl (C=O) groups is 1. The molecule has 1 aromatic heterocycles. The third kappa shape index (κ3) is 2.81. The molecule has 0 saturated carbocycles. The van der Waals surface area contributed by atoms with Gasteiger partial charge in [0.1, 0.15) is 5.69 Å². The minimum Gasteiger partial charge on any atom is -0.340 e. The first-order valence-electron chi connectivity index (χ1n) is 5.63. The summed E-state index contributed by atoms with van der Waals surface area (Å²) in [5.41, 5.74) is 3.97. The Morgan fingerprint density at radius 1 is 1.24 bits per heavy atom. The molecule has 2 aromatic rings. The second-order valence-corrected chi connectivity index (χ2v) is 4.52. The molecule has 3 nitrogen and oxygen atoms in total. The van der Waals surface area contributed by atoms with Crippen LogP contribution in [0.2, 0.25) is 0 Å². The minimum atomic E-state index is 0.0654. The van der Waals surface area contributed by atoms with Crippen LogP contribution in [0, 0.1) is 13.8 Å². The Morgan fingerprint density at radius 2 is 1.88 bits per heavy atom. The number of aryl methyl sites for hydroxylation is 3. The van der Waals surface area contributed by atoms with Crippen LogP contribution in [0.5, 0.6) is 0 Å². The zero-order chi connectivity index (χ0) is 12.4. The summed E-state index contributed by atoms with van der Waals surface area (Å²) in [6, 6.07) is 6.20. The Morgan fingerprint density at radius 3 is 2.41 bits per heavy atom. The van der Waals surface area contributed by atoms with E-state index in [1.807, 2.05) is 33.0 Å². The molecule has 0 unspecified atom stereocenters. The van der Waals surface area contributed by atoms with Crippen LogP contribution in [-0.4, -0.2) is 15.3 Å². The Bertz CT molecular complexity index is 535. The Labute approximate surface area is 101 Å². The highest BCUT2D eigenvalue weighted by atomic mass is 16.1. The van der Waals surface area contributed by atoms with Gasteiger partial charge in [0.05, 0.1) is 6.33 Å². The molecular weight excluding hydrogens is 212 g/mol. The molecule has 1 aromatic carbocycles. The van der Waals surface area contributed by atoms with Crippen molar-refractivity contribution in [3.05, 3.63) is 53.1 Å². The lowest BCUT2D eigenvalue weighted by Gasteiger charge is -2.03. The molecule has 1 heterocycles. The zero-order valence-corrected chi connectivity index (χ0v) is 10.4. The van der Waals surface area contributed by atoms with Gasteiger partial charge >= 0.3 is 0 Å². The van der Waals surface area contributed by atoms with Crippen molar-refractivity contribution in [1.29, 1.82) is 0 Å². The summed E-state index contributed by atoms with van der Waals surface area (Å²) in [7, 11) is 1.86. The molecule has 0 aliphatic heterocycles. The first-order chi connectivity index (χ1) is 8.04. The van der Waals surface area contributed by atoms with E-state index < -0.39 is 0 Å². The van der Waals surface area contributed by atoms with Crippen molar-refractivity contribution in [2.75, 3.05) is 0 Å². The summed E-state index contributed by atoms with van der Waals surface area (Å²) in [5.74, 6) is 0.0654. The summed E-state index contributed by atoms with van der Waals surface area (Å²) >= 11 is 0. The maximum Gasteiger partial charge on any atom is 0.187 e. The molecule has 0 fully saturated rings. The van der Waals surface area contributed by atoms with Crippen LogP contribution in [0.3, 0.4) is 0 Å². The highest BCUT2D eigenvalue weighted by Crippen LogP contribution is 2.11. The first kappa shape index (κ1) is 11.6. The number of ketones is 1. The molecule has 0 spiro atoms. The van der Waals surface area contributed by atoms with Crippen molar-refractivity contribution in [2.45, 2.75) is 20.3 Å². The van der Waals surface area contributed by atoms with Crippen LogP contribution in [0.4, 0.5) is 0 Å². The topological polar surface area (TPSA) is 34.9 Å². The van der Waals surface area contributed by atoms with E-state index >= 15 is 0 Å². The smallest absolute Gasteiger partial charge is 0.187 e. The monoisotopic (exact) mass is 228 g/mol. The van der Waals surface area contributed by atoms with Crippen LogP contribution in [0.15, 0.2) is 30.7 Å². The van der Waals surface area contributed by atoms with Gasteiger partial charge in [0, 0.05) is 19.7 Å². The van der Waals surface area contributed by atoms with Crippen LogP contribution in [0.25, 0.3) is 0 Å². The number of hydrogen-bond acceptors (Lipinski definition) is 2. The van der Waals surface area contributed by atoms with Crippen molar-refractivity contribution in [1.82, 2.24) is 9.55 Å². The number of Topliss-reactive ketones (excluding diaryl/α,β-unsaturated/α-hetero) is 1. The van der Waals surface area contributed by atoms with Gasteiger partial charge < -0.3 is 4.57 Å². The highest BCUT2D eigenvalue weighted by Gasteiger charge is 2.10. The number of rotatable bonds is 3. The lowest BCUT2D eigenvalue weighted by Crippen LogP contribution is -2.04. The largest absolute Gasteiger partial charge is 0.340 e. The summed E-state index contributed by atoms with van der Waals surface area (Å²) in [6.07, 6.45) is 3.82. The van der Waals surface area contributed by atoms with Crippen molar-refractivity contribution >= 4 is 5.78 Å². The van der Waals surface area contributed by atoms with Gasteiger partial charge in [-0.15, -0.1) is 0 Å². The van der Waals surface area contributed by atoms with Gasteiger partial charge in [-0.25, -0.2) is 4.98 Å². The summed E-state index contributed by atoms with van der Waals surface area (Å²) in [4.78, 5) is 16.0. The first-order valence-corrected chi connectivity index (χ1v) is 5.63. The maximum atomic E-state index is 12.0. The van der Waals surface area contributed by atoms with Crippen molar-refractivity contribution < 1.29 is 4.79 Å². The van der Waals surface area contributed by atoms with Crippen LogP contribution >= 0.6 is 0 Å². The van der Waals surface area contributed by atoms with E-state index in [9.17, 15) is 4.79 Å². The number of benzene rings is 1. The average Bonchev–Trinajstić information content (AvgIpc) is 2.63. The molecule has 0 aliphatic carbocycles. The highest BCUT2D eigenvalue weighted by molar-refractivity contribution is 5.95. The third-order valence-electron chi connectivity index (χ3n) is 2.64. The molecule has 0 radical (unpaired) electrons. The number of aromatic nitrogens is 2. The number of imidazole rings is 1. The fourth-order valence-corrected chi connectivity index (χ4v) is 2.00. The van der Waals surface area contributed by atoms with Gasteiger partial charge in [0.2, 0.25) is 0 Å². The fraction of sp³-hybridized carbons (Fsp3) is 0.286. The van der Waals surface area contributed by atoms with E-state index in [0.717, 1.165) is 5.56 Å². The number of carbonyl (C=O) groups excluding carboxylic acids is 1. The molecule has 0 atom stereocenters. The van der Waals surface area contributed by atoms with Crippen LogP contribution < -0.4 is 0 Å². The standard InChI is InChI=1S/C14H16N2O/c1-10-4-11(2)6-12(5-10)7-14(17)13-8-16(3)9-15-13/h4-6,8-9H,7H2,1-3H3. The van der Waals surface area contributed by atoms with E-state index in [2.05, 4.69) is 11.1 Å². The van der Waals surface area contributed by atoms with Gasteiger partial charge in [-0.2, -0.15) is 0 Å². The van der Waals surface area contributed by atoms with Crippen molar-refractivity contribution in [3.8, 4) is 0 Å². The van der Waals surface area contributed by atoms with Crippen molar-refractivity contribution in [3.63, 3.8) is 0 Å². The predicted molar refractivity (Wildman–Crippen MR) is 67.2 cm³/mol. The molecule has 3 heteroatoms. The number of hydrogen-bond donors (Lipinski definition) is 0. The summed E-state index contributed by atoms with van der Waals surface area (Å²) < 4.78 is 1.79. The fourth-order valence-electron chi connectivity index (χ4n) is 2.00.